The molecule has 0 amide bonds. The van der Waals surface area contributed by atoms with E-state index in [0.717, 1.165) is 22.3 Å². The molecule has 1 aromatic heterocycles. The van der Waals surface area contributed by atoms with Gasteiger partial charge in [0.15, 0.2) is 0 Å². The van der Waals surface area contributed by atoms with Gasteiger partial charge in [-0.1, -0.05) is 18.2 Å². The predicted octanol–water partition coefficient (Wildman–Crippen LogP) is 3.87. The second-order valence-corrected chi connectivity index (χ2v) is 4.54. The second-order valence-electron chi connectivity index (χ2n) is 4.54. The molecule has 0 atom stereocenters. The summed E-state index contributed by atoms with van der Waals surface area (Å²) in [6, 6.07) is 20.0. The SMILES string of the molecule is CN(c1ccccc1)c1ccc(C#N)c2ncccc12. The highest BCUT2D eigenvalue weighted by Crippen LogP contribution is 2.31. The Morgan fingerprint density at radius 1 is 1.00 bits per heavy atom. The predicted molar refractivity (Wildman–Crippen MR) is 81.0 cm³/mol. The molecule has 0 bridgehead atoms. The van der Waals surface area contributed by atoms with Crippen molar-refractivity contribution in [2.24, 2.45) is 0 Å². The molecule has 0 saturated heterocycles. The maximum atomic E-state index is 9.18. The summed E-state index contributed by atoms with van der Waals surface area (Å²) >= 11 is 0. The minimum Gasteiger partial charge on any atom is -0.344 e. The molecule has 20 heavy (non-hydrogen) atoms. The Kier molecular flexibility index (Phi) is 3.06. The Labute approximate surface area is 117 Å². The normalized spacial score (nSPS) is 10.2. The molecule has 0 fully saturated rings. The standard InChI is InChI=1S/C17H13N3/c1-20(14-6-3-2-4-7-14)16-10-9-13(12-18)17-15(16)8-5-11-19-17/h2-11H,1H3. The van der Waals surface area contributed by atoms with E-state index in [0.29, 0.717) is 5.56 Å². The third-order valence-electron chi connectivity index (χ3n) is 3.37. The quantitative estimate of drug-likeness (QED) is 0.701. The molecule has 0 aliphatic heterocycles. The summed E-state index contributed by atoms with van der Waals surface area (Å²) in [6.45, 7) is 0. The molecule has 0 saturated carbocycles. The fraction of sp³-hybridized carbons (Fsp3) is 0.0588. The number of nitriles is 1. The first-order valence-electron chi connectivity index (χ1n) is 6.38. The zero-order valence-electron chi connectivity index (χ0n) is 11.1. The van der Waals surface area contributed by atoms with Gasteiger partial charge in [-0.2, -0.15) is 5.26 Å². The lowest BCUT2D eigenvalue weighted by Gasteiger charge is -2.21. The highest BCUT2D eigenvalue weighted by Gasteiger charge is 2.11. The number of hydrogen-bond acceptors (Lipinski definition) is 3. The van der Waals surface area contributed by atoms with Crippen molar-refractivity contribution in [3.05, 3.63) is 66.4 Å². The number of benzene rings is 2. The molecule has 0 N–H and O–H groups in total. The van der Waals surface area contributed by atoms with Crippen LogP contribution in [0.5, 0.6) is 0 Å². The summed E-state index contributed by atoms with van der Waals surface area (Å²) in [7, 11) is 2.02. The van der Waals surface area contributed by atoms with E-state index in [-0.39, 0.29) is 0 Å². The van der Waals surface area contributed by atoms with Crippen LogP contribution in [0.1, 0.15) is 5.56 Å². The van der Waals surface area contributed by atoms with Crippen molar-refractivity contribution in [2.75, 3.05) is 11.9 Å². The van der Waals surface area contributed by atoms with Gasteiger partial charge in [0.2, 0.25) is 0 Å². The van der Waals surface area contributed by atoms with E-state index < -0.39 is 0 Å². The average Bonchev–Trinajstić information content (AvgIpc) is 2.54. The smallest absolute Gasteiger partial charge is 0.101 e. The Morgan fingerprint density at radius 3 is 2.55 bits per heavy atom. The van der Waals surface area contributed by atoms with Gasteiger partial charge in [0.1, 0.15) is 6.07 Å². The van der Waals surface area contributed by atoms with Crippen LogP contribution in [0, 0.1) is 11.3 Å². The number of fused-ring (bicyclic) bond motifs is 1. The van der Waals surface area contributed by atoms with E-state index in [9.17, 15) is 5.26 Å². The minimum absolute atomic E-state index is 0.603. The second kappa shape index (κ2) is 5.02. The van der Waals surface area contributed by atoms with E-state index in [4.69, 9.17) is 0 Å². The number of pyridine rings is 1. The minimum atomic E-state index is 0.603. The van der Waals surface area contributed by atoms with Crippen molar-refractivity contribution in [1.82, 2.24) is 4.98 Å². The number of para-hydroxylation sites is 1. The molecule has 0 radical (unpaired) electrons. The molecule has 0 aliphatic carbocycles. The van der Waals surface area contributed by atoms with Gasteiger partial charge in [-0.15, -0.1) is 0 Å². The molecule has 3 rings (SSSR count). The van der Waals surface area contributed by atoms with Crippen LogP contribution >= 0.6 is 0 Å². The lowest BCUT2D eigenvalue weighted by molar-refractivity contribution is 1.22. The molecule has 2 aromatic carbocycles. The van der Waals surface area contributed by atoms with Gasteiger partial charge in [-0.25, -0.2) is 0 Å². The summed E-state index contributed by atoms with van der Waals surface area (Å²) < 4.78 is 0. The molecular formula is C17H13N3. The van der Waals surface area contributed by atoms with Gasteiger partial charge in [-0.3, -0.25) is 4.98 Å². The van der Waals surface area contributed by atoms with Crippen LogP contribution in [-0.2, 0) is 0 Å². The zero-order chi connectivity index (χ0) is 13.9. The number of rotatable bonds is 2. The molecular weight excluding hydrogens is 246 g/mol. The lowest BCUT2D eigenvalue weighted by atomic mass is 10.1. The van der Waals surface area contributed by atoms with E-state index >= 15 is 0 Å². The van der Waals surface area contributed by atoms with Gasteiger partial charge >= 0.3 is 0 Å². The van der Waals surface area contributed by atoms with E-state index in [1.165, 1.54) is 0 Å². The van der Waals surface area contributed by atoms with Gasteiger partial charge in [0.05, 0.1) is 16.8 Å². The number of anilines is 2. The van der Waals surface area contributed by atoms with Crippen molar-refractivity contribution in [1.29, 1.82) is 5.26 Å². The fourth-order valence-electron chi connectivity index (χ4n) is 2.33. The summed E-state index contributed by atoms with van der Waals surface area (Å²) in [4.78, 5) is 6.44. The van der Waals surface area contributed by atoms with E-state index in [1.54, 1.807) is 6.20 Å². The van der Waals surface area contributed by atoms with Crippen LogP contribution in [0.2, 0.25) is 0 Å². The molecule has 3 aromatic rings. The summed E-state index contributed by atoms with van der Waals surface area (Å²) in [6.07, 6.45) is 1.72. The summed E-state index contributed by atoms with van der Waals surface area (Å²) in [5.41, 5.74) is 3.49. The molecule has 3 heteroatoms. The van der Waals surface area contributed by atoms with Crippen LogP contribution in [0.25, 0.3) is 10.9 Å². The van der Waals surface area contributed by atoms with Crippen molar-refractivity contribution in [2.45, 2.75) is 0 Å². The molecule has 0 unspecified atom stereocenters. The number of aromatic nitrogens is 1. The first-order valence-corrected chi connectivity index (χ1v) is 6.38. The van der Waals surface area contributed by atoms with Crippen LogP contribution in [-0.4, -0.2) is 12.0 Å². The van der Waals surface area contributed by atoms with Crippen molar-refractivity contribution in [3.8, 4) is 6.07 Å². The zero-order valence-corrected chi connectivity index (χ0v) is 11.1. The fourth-order valence-corrected chi connectivity index (χ4v) is 2.33. The molecule has 1 heterocycles. The van der Waals surface area contributed by atoms with Gasteiger partial charge in [-0.05, 0) is 36.4 Å². The molecule has 96 valence electrons. The maximum absolute atomic E-state index is 9.18. The van der Waals surface area contributed by atoms with Crippen LogP contribution in [0.4, 0.5) is 11.4 Å². The van der Waals surface area contributed by atoms with Crippen molar-refractivity contribution in [3.63, 3.8) is 0 Å². The third kappa shape index (κ3) is 1.98. The van der Waals surface area contributed by atoms with Crippen LogP contribution in [0.3, 0.4) is 0 Å². The third-order valence-corrected chi connectivity index (χ3v) is 3.37. The Hall–Kier alpha value is -2.86. The largest absolute Gasteiger partial charge is 0.344 e. The van der Waals surface area contributed by atoms with Crippen molar-refractivity contribution < 1.29 is 0 Å². The molecule has 3 nitrogen and oxygen atoms in total. The Bertz CT molecular complexity index is 788. The van der Waals surface area contributed by atoms with E-state index in [2.05, 4.69) is 28.1 Å². The van der Waals surface area contributed by atoms with Gasteiger partial charge < -0.3 is 4.90 Å². The first-order chi connectivity index (χ1) is 9.81. The van der Waals surface area contributed by atoms with Crippen LogP contribution in [0.15, 0.2) is 60.8 Å². The highest BCUT2D eigenvalue weighted by atomic mass is 15.1. The van der Waals surface area contributed by atoms with Gasteiger partial charge in [0.25, 0.3) is 0 Å². The lowest BCUT2D eigenvalue weighted by Crippen LogP contribution is -2.10. The highest BCUT2D eigenvalue weighted by molar-refractivity contribution is 5.96. The molecule has 0 spiro atoms. The Morgan fingerprint density at radius 2 is 1.80 bits per heavy atom. The first kappa shape index (κ1) is 12.2. The number of hydrogen-bond donors (Lipinski definition) is 0. The summed E-state index contributed by atoms with van der Waals surface area (Å²) in [5, 5.41) is 10.2. The topological polar surface area (TPSA) is 39.9 Å². The molecule has 0 aliphatic rings. The van der Waals surface area contributed by atoms with Gasteiger partial charge in [0, 0.05) is 24.3 Å². The maximum Gasteiger partial charge on any atom is 0.101 e. The van der Waals surface area contributed by atoms with E-state index in [1.807, 2.05) is 49.5 Å². The number of nitrogens with zero attached hydrogens (tertiary/aromatic N) is 3. The Balaban J connectivity index is 2.21. The van der Waals surface area contributed by atoms with Crippen LogP contribution < -0.4 is 4.90 Å². The van der Waals surface area contributed by atoms with Crippen molar-refractivity contribution >= 4 is 22.3 Å². The average molecular weight is 259 g/mol. The monoisotopic (exact) mass is 259 g/mol. The summed E-state index contributed by atoms with van der Waals surface area (Å²) in [5.74, 6) is 0.